The van der Waals surface area contributed by atoms with Gasteiger partial charge in [-0.25, -0.2) is 0 Å². The van der Waals surface area contributed by atoms with Crippen molar-refractivity contribution in [2.24, 2.45) is 5.92 Å². The third kappa shape index (κ3) is 5.60. The number of piperidine rings is 1. The first-order valence-corrected chi connectivity index (χ1v) is 7.67. The molecule has 1 amide bonds. The molecule has 1 fully saturated rings. The van der Waals surface area contributed by atoms with Gasteiger partial charge < -0.3 is 16.0 Å². The summed E-state index contributed by atoms with van der Waals surface area (Å²) < 4.78 is 0. The van der Waals surface area contributed by atoms with Crippen LogP contribution in [0.4, 0.5) is 5.69 Å². The number of nitrogens with two attached hydrogens (primary N) is 1. The molecule has 0 radical (unpaired) electrons. The summed E-state index contributed by atoms with van der Waals surface area (Å²) in [7, 11) is 0. The molecule has 0 bridgehead atoms. The Hall–Kier alpha value is -1.81. The number of likely N-dealkylation sites (tertiary alicyclic amines) is 1. The lowest BCUT2D eigenvalue weighted by molar-refractivity contribution is -0.116. The van der Waals surface area contributed by atoms with Crippen molar-refractivity contribution < 1.29 is 4.79 Å². The molecule has 0 unspecified atom stereocenters. The highest BCUT2D eigenvalue weighted by Crippen LogP contribution is 2.15. The molecule has 1 aromatic rings. The molecular formula is C17H25N3O. The van der Waals surface area contributed by atoms with Crippen LogP contribution in [0.5, 0.6) is 0 Å². The highest BCUT2D eigenvalue weighted by Gasteiger charge is 2.14. The molecule has 0 spiro atoms. The molecule has 1 heterocycles. The van der Waals surface area contributed by atoms with Crippen LogP contribution in [0.2, 0.25) is 0 Å². The second kappa shape index (κ2) is 7.84. The van der Waals surface area contributed by atoms with Crippen molar-refractivity contribution in [3.63, 3.8) is 0 Å². The maximum atomic E-state index is 11.7. The molecule has 4 heteroatoms. The maximum absolute atomic E-state index is 11.7. The van der Waals surface area contributed by atoms with E-state index in [4.69, 9.17) is 5.73 Å². The third-order valence-electron chi connectivity index (χ3n) is 3.97. The van der Waals surface area contributed by atoms with E-state index in [0.29, 0.717) is 6.54 Å². The fraction of sp³-hybridized carbons (Fsp3) is 0.471. The Morgan fingerprint density at radius 2 is 2.00 bits per heavy atom. The van der Waals surface area contributed by atoms with E-state index in [2.05, 4.69) is 17.1 Å². The first-order chi connectivity index (χ1) is 10.1. The van der Waals surface area contributed by atoms with E-state index in [0.717, 1.165) is 36.8 Å². The van der Waals surface area contributed by atoms with Gasteiger partial charge in [-0.1, -0.05) is 19.1 Å². The Labute approximate surface area is 127 Å². The molecule has 0 aliphatic carbocycles. The van der Waals surface area contributed by atoms with Crippen LogP contribution in [0.15, 0.2) is 30.3 Å². The second-order valence-corrected chi connectivity index (χ2v) is 5.82. The molecule has 1 aromatic carbocycles. The Morgan fingerprint density at radius 3 is 2.67 bits per heavy atom. The van der Waals surface area contributed by atoms with Crippen molar-refractivity contribution in [3.05, 3.63) is 35.9 Å². The number of amides is 1. The van der Waals surface area contributed by atoms with Crippen LogP contribution in [0, 0.1) is 5.92 Å². The summed E-state index contributed by atoms with van der Waals surface area (Å²) in [6.07, 6.45) is 5.91. The number of carbonyl (C=O) groups is 1. The van der Waals surface area contributed by atoms with Gasteiger partial charge in [-0.05, 0) is 55.6 Å². The van der Waals surface area contributed by atoms with Crippen LogP contribution in [-0.2, 0) is 4.79 Å². The summed E-state index contributed by atoms with van der Waals surface area (Å²) >= 11 is 0. The molecule has 0 aromatic heterocycles. The molecule has 3 N–H and O–H groups in total. The monoisotopic (exact) mass is 287 g/mol. The van der Waals surface area contributed by atoms with Crippen LogP contribution < -0.4 is 11.1 Å². The molecular weight excluding hydrogens is 262 g/mol. The molecule has 21 heavy (non-hydrogen) atoms. The molecule has 1 saturated heterocycles. The van der Waals surface area contributed by atoms with E-state index in [1.54, 1.807) is 12.2 Å². The predicted molar refractivity (Wildman–Crippen MR) is 87.7 cm³/mol. The number of nitrogen functional groups attached to an aromatic ring is 1. The van der Waals surface area contributed by atoms with Gasteiger partial charge in [0.15, 0.2) is 0 Å². The first kappa shape index (κ1) is 15.6. The highest BCUT2D eigenvalue weighted by molar-refractivity contribution is 5.91. The number of benzene rings is 1. The van der Waals surface area contributed by atoms with E-state index in [9.17, 15) is 4.79 Å². The van der Waals surface area contributed by atoms with Crippen molar-refractivity contribution in [3.8, 4) is 0 Å². The fourth-order valence-electron chi connectivity index (χ4n) is 2.46. The third-order valence-corrected chi connectivity index (χ3v) is 3.97. The minimum Gasteiger partial charge on any atom is -0.399 e. The lowest BCUT2D eigenvalue weighted by atomic mass is 9.99. The SMILES string of the molecule is CC1CCN(CCNC(=O)/C=C/c2ccc(N)cc2)CC1. The summed E-state index contributed by atoms with van der Waals surface area (Å²) in [5.41, 5.74) is 7.33. The number of hydrogen-bond donors (Lipinski definition) is 2. The number of nitrogens with one attached hydrogen (secondary N) is 1. The normalized spacial score (nSPS) is 17.2. The average molecular weight is 287 g/mol. The Balaban J connectivity index is 1.66. The van der Waals surface area contributed by atoms with E-state index < -0.39 is 0 Å². The zero-order valence-corrected chi connectivity index (χ0v) is 12.7. The summed E-state index contributed by atoms with van der Waals surface area (Å²) in [5, 5.41) is 2.93. The maximum Gasteiger partial charge on any atom is 0.244 e. The van der Waals surface area contributed by atoms with Crippen LogP contribution >= 0.6 is 0 Å². The topological polar surface area (TPSA) is 58.4 Å². The van der Waals surface area contributed by atoms with Gasteiger partial charge in [0.1, 0.15) is 0 Å². The molecule has 0 atom stereocenters. The highest BCUT2D eigenvalue weighted by atomic mass is 16.1. The van der Waals surface area contributed by atoms with Gasteiger partial charge in [-0.15, -0.1) is 0 Å². The number of carbonyl (C=O) groups excluding carboxylic acids is 1. The predicted octanol–water partition coefficient (Wildman–Crippen LogP) is 2.13. The number of anilines is 1. The van der Waals surface area contributed by atoms with E-state index in [-0.39, 0.29) is 5.91 Å². The number of nitrogens with zero attached hydrogens (tertiary/aromatic N) is 1. The summed E-state index contributed by atoms with van der Waals surface area (Å²) in [5.74, 6) is 0.802. The lowest BCUT2D eigenvalue weighted by Crippen LogP contribution is -2.38. The summed E-state index contributed by atoms with van der Waals surface area (Å²) in [4.78, 5) is 14.2. The van der Waals surface area contributed by atoms with Crippen molar-refractivity contribution in [2.75, 3.05) is 31.9 Å². The van der Waals surface area contributed by atoms with Crippen molar-refractivity contribution in [2.45, 2.75) is 19.8 Å². The first-order valence-electron chi connectivity index (χ1n) is 7.67. The van der Waals surface area contributed by atoms with Crippen LogP contribution in [0.25, 0.3) is 6.08 Å². The smallest absolute Gasteiger partial charge is 0.244 e. The van der Waals surface area contributed by atoms with Crippen LogP contribution in [0.1, 0.15) is 25.3 Å². The van der Waals surface area contributed by atoms with Gasteiger partial charge in [-0.3, -0.25) is 4.79 Å². The zero-order chi connectivity index (χ0) is 15.1. The van der Waals surface area contributed by atoms with Gasteiger partial charge in [0.05, 0.1) is 0 Å². The van der Waals surface area contributed by atoms with Gasteiger partial charge >= 0.3 is 0 Å². The van der Waals surface area contributed by atoms with Gasteiger partial charge in [0.2, 0.25) is 5.91 Å². The molecule has 0 saturated carbocycles. The molecule has 1 aliphatic rings. The quantitative estimate of drug-likeness (QED) is 0.644. The molecule has 114 valence electrons. The van der Waals surface area contributed by atoms with E-state index in [1.807, 2.05) is 24.3 Å². The minimum atomic E-state index is -0.0443. The fourth-order valence-corrected chi connectivity index (χ4v) is 2.46. The minimum absolute atomic E-state index is 0.0443. The van der Waals surface area contributed by atoms with Crippen LogP contribution in [0.3, 0.4) is 0 Å². The Kier molecular flexibility index (Phi) is 5.81. The molecule has 1 aliphatic heterocycles. The van der Waals surface area contributed by atoms with Gasteiger partial charge in [0, 0.05) is 24.9 Å². The van der Waals surface area contributed by atoms with E-state index in [1.165, 1.54) is 12.8 Å². The second-order valence-electron chi connectivity index (χ2n) is 5.82. The van der Waals surface area contributed by atoms with Crippen molar-refractivity contribution >= 4 is 17.7 Å². The Bertz CT molecular complexity index is 473. The standard InChI is InChI=1S/C17H25N3O/c1-14-8-11-20(12-9-14)13-10-19-17(21)7-4-15-2-5-16(18)6-3-15/h2-7,14H,8-13,18H2,1H3,(H,19,21)/b7-4+. The van der Waals surface area contributed by atoms with Crippen molar-refractivity contribution in [1.29, 1.82) is 0 Å². The Morgan fingerprint density at radius 1 is 1.33 bits per heavy atom. The zero-order valence-electron chi connectivity index (χ0n) is 12.7. The average Bonchev–Trinajstić information content (AvgIpc) is 2.49. The number of rotatable bonds is 5. The van der Waals surface area contributed by atoms with Gasteiger partial charge in [0.25, 0.3) is 0 Å². The van der Waals surface area contributed by atoms with Gasteiger partial charge in [-0.2, -0.15) is 0 Å². The van der Waals surface area contributed by atoms with Crippen molar-refractivity contribution in [1.82, 2.24) is 10.2 Å². The van der Waals surface area contributed by atoms with E-state index >= 15 is 0 Å². The number of hydrogen-bond acceptors (Lipinski definition) is 3. The van der Waals surface area contributed by atoms with Crippen LogP contribution in [-0.4, -0.2) is 37.0 Å². The molecule has 2 rings (SSSR count). The summed E-state index contributed by atoms with van der Waals surface area (Å²) in [6, 6.07) is 7.45. The summed E-state index contributed by atoms with van der Waals surface area (Å²) in [6.45, 7) is 6.26. The largest absolute Gasteiger partial charge is 0.399 e. The molecule has 4 nitrogen and oxygen atoms in total. The lowest BCUT2D eigenvalue weighted by Gasteiger charge is -2.29.